The molecule has 218 valence electrons. The number of esters is 1. The molecule has 0 saturated heterocycles. The molecule has 0 aliphatic heterocycles. The molecule has 0 fully saturated rings. The fourth-order valence-corrected chi connectivity index (χ4v) is 5.43. The van der Waals surface area contributed by atoms with Crippen LogP contribution >= 0.6 is 0 Å². The topological polar surface area (TPSA) is 35.5 Å². The molecule has 39 heavy (non-hydrogen) atoms. The van der Waals surface area contributed by atoms with Crippen molar-refractivity contribution >= 4 is 5.97 Å². The molecule has 4 heteroatoms. The Balaban J connectivity index is 1.77. The van der Waals surface area contributed by atoms with E-state index in [1.807, 2.05) is 37.3 Å². The number of nitrogens with zero attached hydrogens (tertiary/aromatic N) is 1. The number of aryl methyl sites for hydroxylation is 1. The minimum atomic E-state index is -0.583. The van der Waals surface area contributed by atoms with Crippen LogP contribution in [0, 0.1) is 0 Å². The molecule has 0 heterocycles. The van der Waals surface area contributed by atoms with Crippen molar-refractivity contribution in [1.29, 1.82) is 0 Å². The Morgan fingerprint density at radius 1 is 0.718 bits per heavy atom. The van der Waals surface area contributed by atoms with Crippen LogP contribution in [0.5, 0.6) is 5.75 Å². The lowest BCUT2D eigenvalue weighted by Gasteiger charge is -2.36. The quantitative estimate of drug-likeness (QED) is 0.0687. The molecular formula is C35H56NO3+. The van der Waals surface area contributed by atoms with E-state index in [0.29, 0.717) is 17.3 Å². The Bertz CT molecular complexity index is 911. The van der Waals surface area contributed by atoms with Gasteiger partial charge in [-0.2, -0.15) is 0 Å². The molecule has 0 aliphatic rings. The number of unbranched alkanes of at least 4 members (excludes halogenated alkanes) is 10. The summed E-state index contributed by atoms with van der Waals surface area (Å²) in [6.45, 7) is 7.10. The molecule has 0 aromatic heterocycles. The molecule has 2 rings (SSSR count). The zero-order valence-corrected chi connectivity index (χ0v) is 25.6. The molecule has 2 aromatic rings. The minimum Gasteiger partial charge on any atom is -0.455 e. The van der Waals surface area contributed by atoms with E-state index in [0.717, 1.165) is 18.7 Å². The van der Waals surface area contributed by atoms with Crippen molar-refractivity contribution in [1.82, 2.24) is 0 Å². The van der Waals surface area contributed by atoms with Crippen molar-refractivity contribution < 1.29 is 18.8 Å². The van der Waals surface area contributed by atoms with E-state index in [4.69, 9.17) is 9.47 Å². The van der Waals surface area contributed by atoms with E-state index in [-0.39, 0.29) is 12.0 Å². The molecule has 2 atom stereocenters. The van der Waals surface area contributed by atoms with Gasteiger partial charge in [-0.1, -0.05) is 127 Å². The number of hydrogen-bond acceptors (Lipinski definition) is 3. The Morgan fingerprint density at radius 3 is 1.90 bits per heavy atom. The van der Waals surface area contributed by atoms with Crippen molar-refractivity contribution in [2.45, 2.75) is 130 Å². The molecule has 0 radical (unpaired) electrons. The summed E-state index contributed by atoms with van der Waals surface area (Å²) >= 11 is 0. The number of ether oxygens (including phenoxy) is 2. The third kappa shape index (κ3) is 13.0. The van der Waals surface area contributed by atoms with Crippen LogP contribution in [0.4, 0.5) is 0 Å². The maximum atomic E-state index is 13.2. The zero-order chi connectivity index (χ0) is 28.3. The molecular weight excluding hydrogens is 482 g/mol. The molecule has 0 saturated carbocycles. The van der Waals surface area contributed by atoms with E-state index in [2.05, 4.69) is 52.2 Å². The maximum Gasteiger partial charge on any atom is 0.368 e. The van der Waals surface area contributed by atoms with Gasteiger partial charge in [0.2, 0.25) is 6.29 Å². The Labute approximate surface area is 239 Å². The highest BCUT2D eigenvalue weighted by atomic mass is 16.7. The molecule has 4 nitrogen and oxygen atoms in total. The van der Waals surface area contributed by atoms with E-state index in [1.54, 1.807) is 0 Å². The van der Waals surface area contributed by atoms with Gasteiger partial charge < -0.3 is 14.0 Å². The fourth-order valence-electron chi connectivity index (χ4n) is 5.43. The highest BCUT2D eigenvalue weighted by molar-refractivity contribution is 5.74. The van der Waals surface area contributed by atoms with Crippen molar-refractivity contribution in [2.75, 3.05) is 14.1 Å². The summed E-state index contributed by atoms with van der Waals surface area (Å²) in [5.74, 6) is 0.587. The highest BCUT2D eigenvalue weighted by Crippen LogP contribution is 2.22. The van der Waals surface area contributed by atoms with E-state index in [1.165, 1.54) is 81.8 Å². The smallest absolute Gasteiger partial charge is 0.368 e. The van der Waals surface area contributed by atoms with Crippen LogP contribution in [0.1, 0.15) is 115 Å². The SMILES string of the molecule is CCCCCCCCCCCCCc1cccc(OC(CC)OC(=O)C(CC)[N+](C)(C)Cc2ccccc2)c1. The Kier molecular flexibility index (Phi) is 15.9. The monoisotopic (exact) mass is 538 g/mol. The summed E-state index contributed by atoms with van der Waals surface area (Å²) in [4.78, 5) is 13.2. The van der Waals surface area contributed by atoms with Crippen LogP contribution in [0.25, 0.3) is 0 Å². The Morgan fingerprint density at radius 2 is 1.31 bits per heavy atom. The third-order valence-corrected chi connectivity index (χ3v) is 7.75. The lowest BCUT2D eigenvalue weighted by molar-refractivity contribution is -0.919. The summed E-state index contributed by atoms with van der Waals surface area (Å²) in [6, 6.07) is 18.4. The summed E-state index contributed by atoms with van der Waals surface area (Å²) < 4.78 is 12.6. The second-order valence-electron chi connectivity index (χ2n) is 11.7. The average molecular weight is 539 g/mol. The number of carbonyl (C=O) groups excluding carboxylic acids is 1. The molecule has 2 aromatic carbocycles. The zero-order valence-electron chi connectivity index (χ0n) is 25.6. The molecule has 0 bridgehead atoms. The summed E-state index contributed by atoms with van der Waals surface area (Å²) in [6.07, 6.45) is 16.7. The molecule has 0 aliphatic carbocycles. The predicted octanol–water partition coefficient (Wildman–Crippen LogP) is 9.25. The molecule has 0 spiro atoms. The maximum absolute atomic E-state index is 13.2. The first-order valence-corrected chi connectivity index (χ1v) is 15.7. The first kappa shape index (κ1) is 32.9. The summed E-state index contributed by atoms with van der Waals surface area (Å²) in [5.41, 5.74) is 2.50. The Hall–Kier alpha value is -2.33. The van der Waals surface area contributed by atoms with Gasteiger partial charge in [-0.15, -0.1) is 0 Å². The number of rotatable bonds is 21. The predicted molar refractivity (Wildman–Crippen MR) is 164 cm³/mol. The number of likely N-dealkylation sites (N-methyl/N-ethyl adjacent to an activating group) is 1. The fraction of sp³-hybridized carbons (Fsp3) is 0.629. The summed E-state index contributed by atoms with van der Waals surface area (Å²) in [7, 11) is 4.20. The number of benzene rings is 2. The van der Waals surface area contributed by atoms with E-state index in [9.17, 15) is 4.79 Å². The average Bonchev–Trinajstić information content (AvgIpc) is 2.92. The van der Waals surface area contributed by atoms with Crippen LogP contribution in [0.2, 0.25) is 0 Å². The van der Waals surface area contributed by atoms with Crippen molar-refractivity contribution in [3.63, 3.8) is 0 Å². The van der Waals surface area contributed by atoms with Gasteiger partial charge >= 0.3 is 5.97 Å². The van der Waals surface area contributed by atoms with Gasteiger partial charge in [0, 0.05) is 18.4 Å². The van der Waals surface area contributed by atoms with Gasteiger partial charge in [-0.3, -0.25) is 0 Å². The minimum absolute atomic E-state index is 0.192. The van der Waals surface area contributed by atoms with E-state index >= 15 is 0 Å². The normalized spacial score (nSPS) is 13.2. The number of quaternary nitrogens is 1. The van der Waals surface area contributed by atoms with Gasteiger partial charge in [0.15, 0.2) is 6.04 Å². The second-order valence-corrected chi connectivity index (χ2v) is 11.7. The molecule has 2 unspecified atom stereocenters. The van der Waals surface area contributed by atoms with Crippen LogP contribution in [0.3, 0.4) is 0 Å². The standard InChI is InChI=1S/C35H56NO3/c1-6-9-10-11-12-13-14-15-16-17-19-23-30-26-22-27-32(28-30)38-34(8-3)39-35(37)33(7-2)36(4,5)29-31-24-20-18-21-25-31/h18,20-22,24-28,33-34H,6-17,19,23,29H2,1-5H3/q+1. The lowest BCUT2D eigenvalue weighted by atomic mass is 10.0. The summed E-state index contributed by atoms with van der Waals surface area (Å²) in [5, 5.41) is 0. The number of hydrogen-bond donors (Lipinski definition) is 0. The van der Waals surface area contributed by atoms with Gasteiger partial charge in [-0.05, 0) is 30.5 Å². The second kappa shape index (κ2) is 18.9. The highest BCUT2D eigenvalue weighted by Gasteiger charge is 2.36. The van der Waals surface area contributed by atoms with Crippen LogP contribution in [-0.2, 0) is 22.5 Å². The molecule has 0 amide bonds. The lowest BCUT2D eigenvalue weighted by Crippen LogP contribution is -2.53. The first-order valence-electron chi connectivity index (χ1n) is 15.7. The van der Waals surface area contributed by atoms with Crippen LogP contribution in [-0.4, -0.2) is 36.9 Å². The third-order valence-electron chi connectivity index (χ3n) is 7.75. The molecule has 0 N–H and O–H groups in total. The van der Waals surface area contributed by atoms with Crippen molar-refractivity contribution in [3.8, 4) is 5.75 Å². The largest absolute Gasteiger partial charge is 0.455 e. The van der Waals surface area contributed by atoms with Gasteiger partial charge in [0.05, 0.1) is 14.1 Å². The van der Waals surface area contributed by atoms with E-state index < -0.39 is 6.29 Å². The van der Waals surface area contributed by atoms with Crippen LogP contribution < -0.4 is 4.74 Å². The van der Waals surface area contributed by atoms with Crippen LogP contribution in [0.15, 0.2) is 54.6 Å². The van der Waals surface area contributed by atoms with Crippen molar-refractivity contribution in [2.24, 2.45) is 0 Å². The van der Waals surface area contributed by atoms with Crippen molar-refractivity contribution in [3.05, 3.63) is 65.7 Å². The number of carbonyl (C=O) groups is 1. The van der Waals surface area contributed by atoms with Gasteiger partial charge in [-0.25, -0.2) is 4.79 Å². The van der Waals surface area contributed by atoms with Gasteiger partial charge in [0.25, 0.3) is 0 Å². The van der Waals surface area contributed by atoms with Gasteiger partial charge in [0.1, 0.15) is 12.3 Å². The first-order chi connectivity index (χ1) is 18.9.